The second-order valence-corrected chi connectivity index (χ2v) is 5.00. The van der Waals surface area contributed by atoms with E-state index in [-0.39, 0.29) is 19.1 Å². The van der Waals surface area contributed by atoms with Crippen LogP contribution in [-0.4, -0.2) is 38.3 Å². The number of nitrogens with zero attached hydrogens (tertiary/aromatic N) is 1. The van der Waals surface area contributed by atoms with Crippen molar-refractivity contribution in [3.8, 4) is 29.1 Å². The molecular weight excluding hydrogens is 320 g/mol. The highest BCUT2D eigenvalue weighted by molar-refractivity contribution is 5.97. The van der Waals surface area contributed by atoms with Gasteiger partial charge in [0.1, 0.15) is 12.4 Å². The third-order valence-corrected chi connectivity index (χ3v) is 3.31. The number of nitrogens with one attached hydrogen (secondary N) is 1. The number of carbonyl (C=O) groups excluding carboxylic acids is 1. The monoisotopic (exact) mass is 340 g/mol. The van der Waals surface area contributed by atoms with Gasteiger partial charge in [0.15, 0.2) is 11.5 Å². The number of benzene rings is 1. The highest BCUT2D eigenvalue weighted by Gasteiger charge is 2.15. The lowest BCUT2D eigenvalue weighted by atomic mass is 10.1. The molecule has 0 unspecified atom stereocenters. The van der Waals surface area contributed by atoms with Gasteiger partial charge in [-0.25, -0.2) is 0 Å². The predicted molar refractivity (Wildman–Crippen MR) is 94.1 cm³/mol. The Kier molecular flexibility index (Phi) is 6.66. The van der Waals surface area contributed by atoms with Crippen molar-refractivity contribution in [3.05, 3.63) is 47.8 Å². The number of aromatic nitrogens is 1. The van der Waals surface area contributed by atoms with E-state index in [1.54, 1.807) is 24.4 Å². The molecule has 1 N–H and O–H groups in total. The van der Waals surface area contributed by atoms with Crippen LogP contribution in [0.3, 0.4) is 0 Å². The first-order valence-corrected chi connectivity index (χ1v) is 7.66. The van der Waals surface area contributed by atoms with E-state index in [4.69, 9.17) is 14.2 Å². The summed E-state index contributed by atoms with van der Waals surface area (Å²) in [6.07, 6.45) is 1.65. The zero-order valence-electron chi connectivity index (χ0n) is 14.5. The Hall–Kier alpha value is -3.20. The Balaban J connectivity index is 1.84. The second-order valence-electron chi connectivity index (χ2n) is 5.00. The van der Waals surface area contributed by atoms with Crippen LogP contribution in [0.4, 0.5) is 0 Å². The summed E-state index contributed by atoms with van der Waals surface area (Å²) in [6, 6.07) is 8.82. The molecule has 25 heavy (non-hydrogen) atoms. The summed E-state index contributed by atoms with van der Waals surface area (Å²) < 4.78 is 15.9. The van der Waals surface area contributed by atoms with Gasteiger partial charge in [0.05, 0.1) is 32.5 Å². The lowest BCUT2D eigenvalue weighted by Crippen LogP contribution is -2.24. The van der Waals surface area contributed by atoms with Crippen molar-refractivity contribution in [1.29, 1.82) is 0 Å². The van der Waals surface area contributed by atoms with E-state index in [0.717, 1.165) is 5.69 Å². The number of methoxy groups -OCH3 is 2. The largest absolute Gasteiger partial charge is 0.493 e. The molecule has 0 saturated carbocycles. The number of pyridine rings is 1. The molecule has 2 aromatic rings. The van der Waals surface area contributed by atoms with Crippen LogP contribution in [0.15, 0.2) is 36.5 Å². The summed E-state index contributed by atoms with van der Waals surface area (Å²) in [5.74, 6) is 6.94. The molecule has 0 radical (unpaired) electrons. The maximum absolute atomic E-state index is 12.2. The fourth-order valence-corrected chi connectivity index (χ4v) is 2.06. The smallest absolute Gasteiger partial charge is 0.255 e. The van der Waals surface area contributed by atoms with Gasteiger partial charge in [-0.2, -0.15) is 0 Å². The molecule has 0 aliphatic rings. The van der Waals surface area contributed by atoms with Crippen molar-refractivity contribution in [2.24, 2.45) is 0 Å². The zero-order chi connectivity index (χ0) is 18.1. The highest BCUT2D eigenvalue weighted by atomic mass is 16.5. The lowest BCUT2D eigenvalue weighted by molar-refractivity contribution is 0.0955. The molecule has 0 spiro atoms. The summed E-state index contributed by atoms with van der Waals surface area (Å²) >= 11 is 0. The van der Waals surface area contributed by atoms with Gasteiger partial charge in [0.25, 0.3) is 5.91 Å². The van der Waals surface area contributed by atoms with E-state index in [1.807, 2.05) is 19.1 Å². The molecule has 6 nitrogen and oxygen atoms in total. The maximum Gasteiger partial charge on any atom is 0.255 e. The number of amides is 1. The van der Waals surface area contributed by atoms with Crippen LogP contribution < -0.4 is 19.5 Å². The van der Waals surface area contributed by atoms with E-state index in [1.165, 1.54) is 14.2 Å². The number of carbonyl (C=O) groups is 1. The Morgan fingerprint density at radius 1 is 1.16 bits per heavy atom. The second kappa shape index (κ2) is 9.18. The SMILES string of the molecule is COc1cccc(C(=O)NCC#CCOc2ccc(C)nc2)c1OC. The Morgan fingerprint density at radius 2 is 2.00 bits per heavy atom. The summed E-state index contributed by atoms with van der Waals surface area (Å²) in [7, 11) is 3.01. The number of rotatable bonds is 6. The molecule has 0 bridgehead atoms. The minimum Gasteiger partial charge on any atom is -0.493 e. The standard InChI is InChI=1S/C19H20N2O4/c1-14-9-10-15(13-21-14)25-12-5-4-11-20-19(22)16-7-6-8-17(23-2)18(16)24-3/h6-10,13H,11-12H2,1-3H3,(H,20,22). The quantitative estimate of drug-likeness (QED) is 0.817. The molecule has 0 aliphatic heterocycles. The number of hydrogen-bond acceptors (Lipinski definition) is 5. The molecule has 130 valence electrons. The van der Waals surface area contributed by atoms with Crippen LogP contribution in [0.5, 0.6) is 17.2 Å². The van der Waals surface area contributed by atoms with Gasteiger partial charge < -0.3 is 19.5 Å². The first kappa shape index (κ1) is 18.1. The fourth-order valence-electron chi connectivity index (χ4n) is 2.06. The van der Waals surface area contributed by atoms with E-state index in [9.17, 15) is 4.79 Å². The lowest BCUT2D eigenvalue weighted by Gasteiger charge is -2.11. The normalized spacial score (nSPS) is 9.56. The van der Waals surface area contributed by atoms with Crippen molar-refractivity contribution in [2.75, 3.05) is 27.4 Å². The fraction of sp³-hybridized carbons (Fsp3) is 0.263. The third-order valence-electron chi connectivity index (χ3n) is 3.31. The van der Waals surface area contributed by atoms with Crippen LogP contribution in [0, 0.1) is 18.8 Å². The highest BCUT2D eigenvalue weighted by Crippen LogP contribution is 2.30. The Bertz CT molecular complexity index is 776. The molecule has 0 aliphatic carbocycles. The number of para-hydroxylation sites is 1. The summed E-state index contributed by atoms with van der Waals surface area (Å²) in [5.41, 5.74) is 1.32. The van der Waals surface area contributed by atoms with Gasteiger partial charge in [-0.05, 0) is 31.2 Å². The van der Waals surface area contributed by atoms with Crippen LogP contribution in [0.2, 0.25) is 0 Å². The topological polar surface area (TPSA) is 69.7 Å². The van der Waals surface area contributed by atoms with Crippen molar-refractivity contribution in [1.82, 2.24) is 10.3 Å². The molecule has 1 aromatic heterocycles. The molecule has 1 aromatic carbocycles. The summed E-state index contributed by atoms with van der Waals surface area (Å²) in [6.45, 7) is 2.33. The van der Waals surface area contributed by atoms with Crippen LogP contribution >= 0.6 is 0 Å². The van der Waals surface area contributed by atoms with Crippen molar-refractivity contribution in [3.63, 3.8) is 0 Å². The summed E-state index contributed by atoms with van der Waals surface area (Å²) in [5, 5.41) is 2.72. The van der Waals surface area contributed by atoms with Gasteiger partial charge in [-0.3, -0.25) is 9.78 Å². The van der Waals surface area contributed by atoms with Gasteiger partial charge >= 0.3 is 0 Å². The average molecular weight is 340 g/mol. The van der Waals surface area contributed by atoms with E-state index >= 15 is 0 Å². The maximum atomic E-state index is 12.2. The Labute approximate surface area is 147 Å². The average Bonchev–Trinajstić information content (AvgIpc) is 2.64. The van der Waals surface area contributed by atoms with Crippen molar-refractivity contribution < 1.29 is 19.0 Å². The van der Waals surface area contributed by atoms with E-state index in [2.05, 4.69) is 22.1 Å². The molecule has 1 heterocycles. The van der Waals surface area contributed by atoms with Gasteiger partial charge in [0, 0.05) is 5.69 Å². The summed E-state index contributed by atoms with van der Waals surface area (Å²) in [4.78, 5) is 16.4. The molecule has 0 fully saturated rings. The van der Waals surface area contributed by atoms with E-state index < -0.39 is 0 Å². The van der Waals surface area contributed by atoms with Crippen LogP contribution in [-0.2, 0) is 0 Å². The van der Waals surface area contributed by atoms with E-state index in [0.29, 0.717) is 22.8 Å². The van der Waals surface area contributed by atoms with Crippen molar-refractivity contribution >= 4 is 5.91 Å². The first-order valence-electron chi connectivity index (χ1n) is 7.66. The third kappa shape index (κ3) is 5.15. The molecule has 2 rings (SSSR count). The minimum absolute atomic E-state index is 0.203. The van der Waals surface area contributed by atoms with Crippen molar-refractivity contribution in [2.45, 2.75) is 6.92 Å². The van der Waals surface area contributed by atoms with Crippen LogP contribution in [0.1, 0.15) is 16.1 Å². The van der Waals surface area contributed by atoms with Gasteiger partial charge in [0.2, 0.25) is 0 Å². The molecule has 0 saturated heterocycles. The van der Waals surface area contributed by atoms with Gasteiger partial charge in [-0.1, -0.05) is 17.9 Å². The molecule has 0 atom stereocenters. The van der Waals surface area contributed by atoms with Crippen LogP contribution in [0.25, 0.3) is 0 Å². The number of ether oxygens (including phenoxy) is 3. The zero-order valence-corrected chi connectivity index (χ0v) is 14.5. The Morgan fingerprint density at radius 3 is 2.68 bits per heavy atom. The number of aryl methyl sites for hydroxylation is 1. The number of hydrogen-bond donors (Lipinski definition) is 1. The predicted octanol–water partition coefficient (Wildman–Crippen LogP) is 2.22. The first-order chi connectivity index (χ1) is 12.2. The van der Waals surface area contributed by atoms with Gasteiger partial charge in [-0.15, -0.1) is 0 Å². The minimum atomic E-state index is -0.284. The molecule has 1 amide bonds. The molecular formula is C19H20N2O4. The molecule has 6 heteroatoms.